The molecule has 1 heterocycles. The van der Waals surface area contributed by atoms with Gasteiger partial charge in [0, 0.05) is 6.20 Å². The van der Waals surface area contributed by atoms with Crippen molar-refractivity contribution in [2.45, 2.75) is 6.82 Å². The maximum atomic E-state index is 4.04. The Balaban J connectivity index is 2.83. The monoisotopic (exact) mass is 104 g/mol. The summed E-state index contributed by atoms with van der Waals surface area (Å²) in [5.41, 5.74) is 1.03. The van der Waals surface area contributed by atoms with Gasteiger partial charge in [0.2, 0.25) is 0 Å². The second-order valence-corrected chi connectivity index (χ2v) is 1.54. The molecule has 1 aromatic heterocycles. The van der Waals surface area contributed by atoms with E-state index in [1.165, 1.54) is 0 Å². The van der Waals surface area contributed by atoms with Gasteiger partial charge in [0.05, 0.1) is 0 Å². The minimum absolute atomic E-state index is 1.03. The molecule has 0 saturated carbocycles. The first kappa shape index (κ1) is 5.35. The van der Waals surface area contributed by atoms with Crippen molar-refractivity contribution in [1.29, 1.82) is 0 Å². The highest BCUT2D eigenvalue weighted by atomic mass is 14.6. The molecule has 0 amide bonds. The number of pyridine rings is 1. The minimum atomic E-state index is 1.03. The first-order valence-electron chi connectivity index (χ1n) is 2.64. The van der Waals surface area contributed by atoms with Crippen molar-refractivity contribution < 1.29 is 0 Å². The fourth-order valence-electron chi connectivity index (χ4n) is 0.547. The van der Waals surface area contributed by atoms with E-state index >= 15 is 0 Å². The quantitative estimate of drug-likeness (QED) is 0.471. The first-order chi connectivity index (χ1) is 3.93. The van der Waals surface area contributed by atoms with Crippen molar-refractivity contribution in [2.24, 2.45) is 0 Å². The average Bonchev–Trinajstić information content (AvgIpc) is 1.90. The van der Waals surface area contributed by atoms with Crippen LogP contribution in [-0.4, -0.2) is 12.3 Å². The standard InChI is InChI=1S/C6H7BN/c1-7-6-4-2-3-5-8-6/h2-5H,1H3. The van der Waals surface area contributed by atoms with Crippen molar-refractivity contribution in [3.05, 3.63) is 24.4 Å². The van der Waals surface area contributed by atoms with Crippen LogP contribution in [0.1, 0.15) is 0 Å². The molecule has 0 aliphatic heterocycles. The van der Waals surface area contributed by atoms with E-state index in [9.17, 15) is 0 Å². The topological polar surface area (TPSA) is 12.9 Å². The van der Waals surface area contributed by atoms with Crippen LogP contribution in [0.15, 0.2) is 24.4 Å². The summed E-state index contributed by atoms with van der Waals surface area (Å²) in [5, 5.41) is 0. The molecule has 0 spiro atoms. The molecule has 0 fully saturated rings. The van der Waals surface area contributed by atoms with Crippen molar-refractivity contribution >= 4 is 12.9 Å². The number of nitrogens with zero attached hydrogens (tertiary/aromatic N) is 1. The van der Waals surface area contributed by atoms with Crippen LogP contribution in [0.2, 0.25) is 6.82 Å². The Hall–Kier alpha value is -0.785. The van der Waals surface area contributed by atoms with Gasteiger partial charge in [0.1, 0.15) is 0 Å². The summed E-state index contributed by atoms with van der Waals surface area (Å²) in [4.78, 5) is 4.04. The highest BCUT2D eigenvalue weighted by Crippen LogP contribution is 1.73. The molecule has 1 nitrogen and oxygen atoms in total. The van der Waals surface area contributed by atoms with Gasteiger partial charge in [-0.3, -0.25) is 4.98 Å². The third kappa shape index (κ3) is 1.09. The second-order valence-electron chi connectivity index (χ2n) is 1.54. The van der Waals surface area contributed by atoms with Crippen LogP contribution in [0.4, 0.5) is 0 Å². The Morgan fingerprint density at radius 1 is 1.50 bits per heavy atom. The van der Waals surface area contributed by atoms with E-state index < -0.39 is 0 Å². The molecule has 2 heteroatoms. The maximum Gasteiger partial charge on any atom is 0.174 e. The molecule has 1 rings (SSSR count). The van der Waals surface area contributed by atoms with Gasteiger partial charge < -0.3 is 0 Å². The predicted octanol–water partition coefficient (Wildman–Crippen LogP) is 0.459. The van der Waals surface area contributed by atoms with Gasteiger partial charge in [0.15, 0.2) is 7.28 Å². The minimum Gasteiger partial charge on any atom is -0.272 e. The molecule has 0 bridgehead atoms. The number of hydrogen-bond acceptors (Lipinski definition) is 1. The molecule has 0 saturated heterocycles. The SMILES string of the molecule is C[B]c1ccccn1. The Morgan fingerprint density at radius 2 is 2.38 bits per heavy atom. The fraction of sp³-hybridized carbons (Fsp3) is 0.167. The van der Waals surface area contributed by atoms with E-state index in [-0.39, 0.29) is 0 Å². The number of aromatic nitrogens is 1. The molecule has 0 aliphatic rings. The Kier molecular flexibility index (Phi) is 1.68. The van der Waals surface area contributed by atoms with Crippen LogP contribution < -0.4 is 5.59 Å². The highest BCUT2D eigenvalue weighted by Gasteiger charge is 1.83. The van der Waals surface area contributed by atoms with Crippen molar-refractivity contribution in [3.63, 3.8) is 0 Å². The first-order valence-corrected chi connectivity index (χ1v) is 2.64. The van der Waals surface area contributed by atoms with Crippen molar-refractivity contribution in [3.8, 4) is 0 Å². The third-order valence-electron chi connectivity index (χ3n) is 0.984. The van der Waals surface area contributed by atoms with Crippen LogP contribution in [-0.2, 0) is 0 Å². The second kappa shape index (κ2) is 2.50. The lowest BCUT2D eigenvalue weighted by atomic mass is 9.78. The van der Waals surface area contributed by atoms with E-state index in [4.69, 9.17) is 0 Å². The zero-order chi connectivity index (χ0) is 5.82. The van der Waals surface area contributed by atoms with E-state index in [0.29, 0.717) is 0 Å². The molecule has 8 heavy (non-hydrogen) atoms. The van der Waals surface area contributed by atoms with Gasteiger partial charge in [-0.15, -0.1) is 0 Å². The fourth-order valence-corrected chi connectivity index (χ4v) is 0.547. The summed E-state index contributed by atoms with van der Waals surface area (Å²) in [5.74, 6) is 0. The van der Waals surface area contributed by atoms with Crippen LogP contribution in [0.25, 0.3) is 0 Å². The van der Waals surface area contributed by atoms with Gasteiger partial charge in [0.25, 0.3) is 0 Å². The van der Waals surface area contributed by atoms with Crippen LogP contribution in [0.3, 0.4) is 0 Å². The summed E-state index contributed by atoms with van der Waals surface area (Å²) in [6, 6.07) is 5.86. The molecule has 39 valence electrons. The van der Waals surface area contributed by atoms with E-state index in [2.05, 4.69) is 4.98 Å². The smallest absolute Gasteiger partial charge is 0.174 e. The van der Waals surface area contributed by atoms with Crippen LogP contribution >= 0.6 is 0 Å². The maximum absolute atomic E-state index is 4.04. The Labute approximate surface area is 50.0 Å². The molecule has 1 aromatic rings. The zero-order valence-corrected chi connectivity index (χ0v) is 4.83. The summed E-state index contributed by atoms with van der Waals surface area (Å²) in [6.07, 6.45) is 1.79. The molecule has 0 aromatic carbocycles. The zero-order valence-electron chi connectivity index (χ0n) is 4.83. The number of rotatable bonds is 1. The van der Waals surface area contributed by atoms with E-state index in [1.54, 1.807) is 6.20 Å². The van der Waals surface area contributed by atoms with Gasteiger partial charge in [-0.1, -0.05) is 19.0 Å². The summed E-state index contributed by atoms with van der Waals surface area (Å²) in [7, 11) is 1.97. The van der Waals surface area contributed by atoms with Gasteiger partial charge in [-0.05, 0) is 11.7 Å². The van der Waals surface area contributed by atoms with Crippen molar-refractivity contribution in [2.75, 3.05) is 0 Å². The summed E-state index contributed by atoms with van der Waals surface area (Å²) in [6.45, 7) is 1.97. The van der Waals surface area contributed by atoms with Gasteiger partial charge >= 0.3 is 0 Å². The normalized spacial score (nSPS) is 8.62. The number of hydrogen-bond donors (Lipinski definition) is 0. The molecule has 1 radical (unpaired) electrons. The van der Waals surface area contributed by atoms with Gasteiger partial charge in [-0.2, -0.15) is 0 Å². The van der Waals surface area contributed by atoms with Crippen LogP contribution in [0, 0.1) is 0 Å². The van der Waals surface area contributed by atoms with E-state index in [0.717, 1.165) is 5.59 Å². The molecular weight excluding hydrogens is 96.9 g/mol. The average molecular weight is 104 g/mol. The third-order valence-corrected chi connectivity index (χ3v) is 0.984. The highest BCUT2D eigenvalue weighted by molar-refractivity contribution is 6.50. The molecule has 0 N–H and O–H groups in total. The Bertz CT molecular complexity index is 150. The molecule has 0 unspecified atom stereocenters. The molecule has 0 atom stereocenters. The lowest BCUT2D eigenvalue weighted by molar-refractivity contribution is 1.39. The van der Waals surface area contributed by atoms with Crippen LogP contribution in [0.5, 0.6) is 0 Å². The van der Waals surface area contributed by atoms with E-state index in [1.807, 2.05) is 32.3 Å². The molecule has 0 aliphatic carbocycles. The summed E-state index contributed by atoms with van der Waals surface area (Å²) >= 11 is 0. The summed E-state index contributed by atoms with van der Waals surface area (Å²) < 4.78 is 0. The van der Waals surface area contributed by atoms with Gasteiger partial charge in [-0.25, -0.2) is 0 Å². The van der Waals surface area contributed by atoms with Crippen molar-refractivity contribution in [1.82, 2.24) is 4.98 Å². The molecular formula is C6H7BN. The Morgan fingerprint density at radius 3 is 2.75 bits per heavy atom. The largest absolute Gasteiger partial charge is 0.272 e. The predicted molar refractivity (Wildman–Crippen MR) is 35.5 cm³/mol. The lowest BCUT2D eigenvalue weighted by Crippen LogP contribution is -2.13. The lowest BCUT2D eigenvalue weighted by Gasteiger charge is -1.87.